The molecule has 0 spiro atoms. The molecule has 2 N–H and O–H groups in total. The Morgan fingerprint density at radius 3 is 1.93 bits per heavy atom. The Morgan fingerprint density at radius 1 is 0.822 bits per heavy atom. The van der Waals surface area contributed by atoms with Crippen LogP contribution in [-0.4, -0.2) is 48.9 Å². The third-order valence-corrected chi connectivity index (χ3v) is 5.94. The van der Waals surface area contributed by atoms with E-state index in [1.165, 1.54) is 12.4 Å². The van der Waals surface area contributed by atoms with Crippen molar-refractivity contribution in [3.05, 3.63) is 65.7 Å². The second-order valence-corrected chi connectivity index (χ2v) is 12.0. The summed E-state index contributed by atoms with van der Waals surface area (Å²) in [5.41, 5.74) is -1.87. The van der Waals surface area contributed by atoms with Crippen molar-refractivity contribution in [2.75, 3.05) is 15.5 Å². The van der Waals surface area contributed by atoms with Gasteiger partial charge in [-0.15, -0.1) is 0 Å². The molecular weight excluding hydrogens is 619 g/mol. The molecule has 0 unspecified atom stereocenters. The number of hydrogen-bond donors (Lipinski definition) is 2. The summed E-state index contributed by atoms with van der Waals surface area (Å²) in [5.74, 6) is -0.159. The highest BCUT2D eigenvalue weighted by molar-refractivity contribution is 6.31. The van der Waals surface area contributed by atoms with E-state index in [-0.39, 0.29) is 22.7 Å². The fraction of sp³-hybridized carbons (Fsp3) is 0.310. The number of amides is 4. The lowest BCUT2D eigenvalue weighted by molar-refractivity contribution is -0.137. The van der Waals surface area contributed by atoms with Gasteiger partial charge < -0.3 is 20.1 Å². The van der Waals surface area contributed by atoms with E-state index < -0.39 is 46.2 Å². The molecule has 238 valence electrons. The number of aromatic nitrogens is 4. The van der Waals surface area contributed by atoms with E-state index in [1.807, 2.05) is 0 Å². The van der Waals surface area contributed by atoms with Crippen LogP contribution in [0.2, 0.25) is 5.02 Å². The summed E-state index contributed by atoms with van der Waals surface area (Å²) in [6, 6.07) is 8.54. The van der Waals surface area contributed by atoms with E-state index >= 15 is 0 Å². The van der Waals surface area contributed by atoms with Crippen LogP contribution in [-0.2, 0) is 15.7 Å². The van der Waals surface area contributed by atoms with Crippen LogP contribution in [0.15, 0.2) is 55.1 Å². The molecule has 0 aliphatic rings. The van der Waals surface area contributed by atoms with Crippen LogP contribution >= 0.6 is 11.6 Å². The lowest BCUT2D eigenvalue weighted by atomic mass is 10.2. The highest BCUT2D eigenvalue weighted by atomic mass is 35.5. The lowest BCUT2D eigenvalue weighted by Crippen LogP contribution is -2.44. The molecule has 0 radical (unpaired) electrons. The van der Waals surface area contributed by atoms with E-state index in [0.29, 0.717) is 16.3 Å². The van der Waals surface area contributed by atoms with Crippen LogP contribution in [0.5, 0.6) is 0 Å². The van der Waals surface area contributed by atoms with Crippen molar-refractivity contribution in [3.63, 3.8) is 0 Å². The number of benzene rings is 2. The molecule has 0 fully saturated rings. The molecular formula is C29H29ClF3N7O5. The van der Waals surface area contributed by atoms with Crippen LogP contribution in [0.4, 0.5) is 44.7 Å². The fourth-order valence-corrected chi connectivity index (χ4v) is 4.08. The van der Waals surface area contributed by atoms with Gasteiger partial charge in [0, 0.05) is 17.1 Å². The Kier molecular flexibility index (Phi) is 8.96. The highest BCUT2D eigenvalue weighted by Gasteiger charge is 2.36. The molecule has 4 rings (SSSR count). The minimum atomic E-state index is -4.69. The Bertz CT molecular complexity index is 1720. The van der Waals surface area contributed by atoms with E-state index in [1.54, 1.807) is 70.4 Å². The summed E-state index contributed by atoms with van der Waals surface area (Å²) in [6.07, 6.45) is -4.17. The smallest absolute Gasteiger partial charge is 0.425 e. The first kappa shape index (κ1) is 33.0. The minimum absolute atomic E-state index is 0.0944. The van der Waals surface area contributed by atoms with Crippen LogP contribution in [0.3, 0.4) is 0 Å². The number of nitrogens with one attached hydrogen (secondary N) is 2. The van der Waals surface area contributed by atoms with Crippen molar-refractivity contribution >= 4 is 58.2 Å². The van der Waals surface area contributed by atoms with Gasteiger partial charge in [0.1, 0.15) is 23.9 Å². The molecule has 4 amide bonds. The molecule has 45 heavy (non-hydrogen) atoms. The Morgan fingerprint density at radius 2 is 1.38 bits per heavy atom. The first-order valence-corrected chi connectivity index (χ1v) is 13.7. The summed E-state index contributed by atoms with van der Waals surface area (Å²) >= 11 is 5.63. The number of carbonyl (C=O) groups excluding carboxylic acids is 3. The van der Waals surface area contributed by atoms with Crippen molar-refractivity contribution in [1.82, 2.24) is 19.5 Å². The van der Waals surface area contributed by atoms with Crippen molar-refractivity contribution in [3.8, 4) is 5.69 Å². The van der Waals surface area contributed by atoms with Crippen molar-refractivity contribution in [2.24, 2.45) is 0 Å². The third-order valence-electron chi connectivity index (χ3n) is 5.61. The molecule has 2 heterocycles. The number of imidazole rings is 1. The average molecular weight is 648 g/mol. The van der Waals surface area contributed by atoms with Gasteiger partial charge in [-0.3, -0.25) is 4.57 Å². The molecule has 2 aromatic heterocycles. The molecule has 0 atom stereocenters. The quantitative estimate of drug-likeness (QED) is 0.229. The summed E-state index contributed by atoms with van der Waals surface area (Å²) in [6.45, 7) is 9.87. The standard InChI is InChI=1S/C29H29ClF3N7O5/c1-27(2,3)44-25(42)40(26(43)45-28(4,5)6)23-21-22(34-14-35-23)39(15-36-21)18-10-7-16(8-11-18)37-24(41)38-17-9-12-20(30)19(13-17)29(31,32)33/h7-15H,1-6H3,(H2,37,38,41). The number of nitrogens with zero attached hydrogens (tertiary/aromatic N) is 5. The molecule has 0 aliphatic carbocycles. The maximum Gasteiger partial charge on any atom is 0.425 e. The molecule has 0 aliphatic heterocycles. The van der Waals surface area contributed by atoms with E-state index in [0.717, 1.165) is 18.5 Å². The number of alkyl halides is 3. The molecule has 0 bridgehead atoms. The van der Waals surface area contributed by atoms with Gasteiger partial charge in [0.25, 0.3) is 0 Å². The van der Waals surface area contributed by atoms with Gasteiger partial charge in [0.05, 0.1) is 10.6 Å². The van der Waals surface area contributed by atoms with Gasteiger partial charge in [-0.05, 0) is 84.0 Å². The number of anilines is 3. The van der Waals surface area contributed by atoms with Gasteiger partial charge in [0.2, 0.25) is 0 Å². The molecule has 0 saturated heterocycles. The number of carbonyl (C=O) groups is 3. The minimum Gasteiger partial charge on any atom is -0.443 e. The second-order valence-electron chi connectivity index (χ2n) is 11.6. The van der Waals surface area contributed by atoms with Crippen molar-refractivity contribution < 1.29 is 37.0 Å². The first-order valence-electron chi connectivity index (χ1n) is 13.3. The van der Waals surface area contributed by atoms with Crippen molar-refractivity contribution in [2.45, 2.75) is 58.9 Å². The number of hydrogen-bond acceptors (Lipinski definition) is 8. The van der Waals surface area contributed by atoms with Crippen LogP contribution < -0.4 is 15.5 Å². The maximum atomic E-state index is 13.1. The molecule has 16 heteroatoms. The molecule has 2 aromatic carbocycles. The number of ether oxygens (including phenoxy) is 2. The number of urea groups is 1. The zero-order chi connectivity index (χ0) is 33.3. The SMILES string of the molecule is CC(C)(C)OC(=O)N(C(=O)OC(C)(C)C)c1ncnc2c1ncn2-c1ccc(NC(=O)Nc2ccc(Cl)c(C(F)(F)F)c2)cc1. The van der Waals surface area contributed by atoms with Gasteiger partial charge >= 0.3 is 24.4 Å². The normalized spacial score (nSPS) is 12.0. The van der Waals surface area contributed by atoms with Crippen molar-refractivity contribution in [1.29, 1.82) is 0 Å². The number of rotatable bonds is 4. The topological polar surface area (TPSA) is 141 Å². The van der Waals surface area contributed by atoms with Crippen LogP contribution in [0.25, 0.3) is 16.9 Å². The summed E-state index contributed by atoms with van der Waals surface area (Å²) in [4.78, 5) is 52.1. The molecule has 4 aromatic rings. The third kappa shape index (κ3) is 8.17. The van der Waals surface area contributed by atoms with Crippen LogP contribution in [0, 0.1) is 0 Å². The summed E-state index contributed by atoms with van der Waals surface area (Å²) in [5, 5.41) is 4.38. The molecule has 12 nitrogen and oxygen atoms in total. The second kappa shape index (κ2) is 12.2. The Hall–Kier alpha value is -4.92. The Balaban J connectivity index is 1.58. The molecule has 0 saturated carbocycles. The van der Waals surface area contributed by atoms with E-state index in [9.17, 15) is 27.6 Å². The van der Waals surface area contributed by atoms with E-state index in [2.05, 4.69) is 25.6 Å². The lowest BCUT2D eigenvalue weighted by Gasteiger charge is -2.28. The van der Waals surface area contributed by atoms with Gasteiger partial charge in [-0.2, -0.15) is 18.1 Å². The van der Waals surface area contributed by atoms with Gasteiger partial charge in [-0.1, -0.05) is 11.6 Å². The Labute approximate surface area is 260 Å². The number of fused-ring (bicyclic) bond motifs is 1. The fourth-order valence-electron chi connectivity index (χ4n) is 3.86. The average Bonchev–Trinajstić information content (AvgIpc) is 3.33. The van der Waals surface area contributed by atoms with Crippen LogP contribution in [0.1, 0.15) is 47.1 Å². The monoisotopic (exact) mass is 647 g/mol. The largest absolute Gasteiger partial charge is 0.443 e. The maximum absolute atomic E-state index is 13.1. The van der Waals surface area contributed by atoms with Gasteiger partial charge in [-0.25, -0.2) is 29.3 Å². The summed E-state index contributed by atoms with van der Waals surface area (Å²) in [7, 11) is 0. The zero-order valence-electron chi connectivity index (χ0n) is 25.0. The van der Waals surface area contributed by atoms with E-state index in [4.69, 9.17) is 21.1 Å². The van der Waals surface area contributed by atoms with Gasteiger partial charge in [0.15, 0.2) is 17.0 Å². The number of halogens is 4. The highest BCUT2D eigenvalue weighted by Crippen LogP contribution is 2.36. The number of imide groups is 1. The summed E-state index contributed by atoms with van der Waals surface area (Å²) < 4.78 is 51.9. The first-order chi connectivity index (χ1) is 20.8. The predicted molar refractivity (Wildman–Crippen MR) is 161 cm³/mol. The zero-order valence-corrected chi connectivity index (χ0v) is 25.7. The predicted octanol–water partition coefficient (Wildman–Crippen LogP) is 7.81.